The van der Waals surface area contributed by atoms with Crippen LogP contribution in [0.15, 0.2) is 66.7 Å². The van der Waals surface area contributed by atoms with Gasteiger partial charge in [-0.05, 0) is 49.2 Å². The number of ether oxygens (including phenoxy) is 3. The second-order valence-corrected chi connectivity index (χ2v) is 7.84. The van der Waals surface area contributed by atoms with Crippen molar-refractivity contribution in [3.63, 3.8) is 0 Å². The summed E-state index contributed by atoms with van der Waals surface area (Å²) in [5, 5.41) is 5.64. The van der Waals surface area contributed by atoms with Gasteiger partial charge in [0.15, 0.2) is 6.61 Å². The molecule has 0 aliphatic heterocycles. The molecular weight excluding hydrogens is 689 g/mol. The topological polar surface area (TPSA) is 85.9 Å². The van der Waals surface area contributed by atoms with Gasteiger partial charge < -0.3 is 29.6 Å². The van der Waals surface area contributed by atoms with E-state index in [0.717, 1.165) is 16.7 Å². The average Bonchev–Trinajstić information content (AvgIpc) is 2.86. The molecule has 2 amide bonds. The molecule has 35 heavy (non-hydrogen) atoms. The number of benzene rings is 3. The normalized spacial score (nSPS) is 11.9. The van der Waals surface area contributed by atoms with E-state index < -0.39 is 6.04 Å². The van der Waals surface area contributed by atoms with Crippen LogP contribution in [0.2, 0.25) is 0 Å². The van der Waals surface area contributed by atoms with Crippen LogP contribution in [0.1, 0.15) is 41.3 Å². The Morgan fingerprint density at radius 1 is 0.914 bits per heavy atom. The molecule has 3 rings (SSSR count). The van der Waals surface area contributed by atoms with Crippen molar-refractivity contribution in [2.45, 2.75) is 25.9 Å². The summed E-state index contributed by atoms with van der Waals surface area (Å²) in [6, 6.07) is 20.0. The smallest absolute Gasteiger partial charge is 0.258 e. The van der Waals surface area contributed by atoms with E-state index in [1.54, 1.807) is 44.9 Å². The predicted octanol–water partition coefficient (Wildman–Crippen LogP) is 4.01. The summed E-state index contributed by atoms with van der Waals surface area (Å²) in [6.07, 6.45) is 1.76. The van der Waals surface area contributed by atoms with Crippen LogP contribution in [0, 0.1) is 6.92 Å². The molecule has 190 valence electrons. The Morgan fingerprint density at radius 3 is 2.14 bits per heavy atom. The largest absolute Gasteiger partial charge is 0.520 e. The third-order valence-corrected chi connectivity index (χ3v) is 5.49. The number of aryl methyl sites for hydroxylation is 1. The van der Waals surface area contributed by atoms with Crippen LogP contribution in [0.25, 0.3) is 0 Å². The minimum atomic E-state index is -0.480. The molecule has 0 aliphatic carbocycles. The van der Waals surface area contributed by atoms with Crippen molar-refractivity contribution >= 4 is 12.3 Å². The fraction of sp³-hybridized carbons (Fsp3) is 0.259. The van der Waals surface area contributed by atoms with Crippen LogP contribution < -0.4 is 24.8 Å². The van der Waals surface area contributed by atoms with Gasteiger partial charge in [0.2, 0.25) is 0 Å². The summed E-state index contributed by atoms with van der Waals surface area (Å²) in [6.45, 7) is 3.85. The average molecular weight is 719 g/mol. The van der Waals surface area contributed by atoms with Crippen molar-refractivity contribution < 1.29 is 23.8 Å². The van der Waals surface area contributed by atoms with Crippen molar-refractivity contribution in [3.8, 4) is 17.2 Å². The standard InChI is InChI=1S/C27H29N2O5.Fm/c1-18-5-7-20(8-6-18)19(2)29-26(31)16-34-22-11-9-21(10-12-22)27(28-17-30)24-14-13-23(32-3)15-25(24)33-4;/h5-15,19,27H,16H2,1-4H3,(H,28,30)(H,29,31);/q-1;. The predicted molar refractivity (Wildman–Crippen MR) is 130 cm³/mol. The third-order valence-electron chi connectivity index (χ3n) is 5.49. The molecule has 0 spiro atoms. The molecule has 0 aliphatic rings. The molecule has 8 heteroatoms. The van der Waals surface area contributed by atoms with Gasteiger partial charge in [-0.25, -0.2) is 0 Å². The molecule has 0 fully saturated rings. The van der Waals surface area contributed by atoms with Crippen molar-refractivity contribution in [2.75, 3.05) is 20.8 Å². The van der Waals surface area contributed by atoms with E-state index in [1.807, 2.05) is 56.3 Å². The zero-order valence-corrected chi connectivity index (χ0v) is 22.4. The summed E-state index contributed by atoms with van der Waals surface area (Å²) in [5.74, 6) is 1.55. The number of nitrogens with one attached hydrogen (secondary N) is 2. The quantitative estimate of drug-likeness (QED) is 0.232. The summed E-state index contributed by atoms with van der Waals surface area (Å²) in [7, 11) is 3.13. The summed E-state index contributed by atoms with van der Waals surface area (Å²) in [4.78, 5) is 23.5. The minimum Gasteiger partial charge on any atom is -0.520 e. The van der Waals surface area contributed by atoms with E-state index in [2.05, 4.69) is 10.6 Å². The van der Waals surface area contributed by atoms with Crippen LogP contribution in [-0.2, 0) is 9.59 Å². The van der Waals surface area contributed by atoms with Crippen LogP contribution in [0.3, 0.4) is 0 Å². The van der Waals surface area contributed by atoms with Crippen molar-refractivity contribution in [3.05, 3.63) is 89.0 Å². The number of carbonyl (C=O) groups is 1. The zero-order valence-electron chi connectivity index (χ0n) is 20.0. The maximum Gasteiger partial charge on any atom is 0.258 e. The van der Waals surface area contributed by atoms with E-state index in [1.165, 1.54) is 5.56 Å². The molecule has 3 aromatic carbocycles. The maximum absolute atomic E-state index is 12.3. The van der Waals surface area contributed by atoms with Crippen LogP contribution >= 0.6 is 0 Å². The second kappa shape index (κ2) is 12.3. The van der Waals surface area contributed by atoms with Gasteiger partial charge in [-0.15, -0.1) is 0 Å². The first-order valence-electron chi connectivity index (χ1n) is 10.9. The number of carbonyl (C=O) groups excluding carboxylic acids is 2. The number of amides is 2. The Hall–Kier alpha value is -5.00. The number of hydrogen-bond donors (Lipinski definition) is 2. The third kappa shape index (κ3) is 6.74. The Labute approximate surface area is 200 Å². The fourth-order valence-electron chi connectivity index (χ4n) is 3.58. The van der Waals surface area contributed by atoms with Gasteiger partial charge in [0.25, 0.3) is 5.91 Å². The van der Waals surface area contributed by atoms with Crippen LogP contribution in [0.5, 0.6) is 17.2 Å². The minimum absolute atomic E-state index is 0. The maximum atomic E-state index is 12.3. The van der Waals surface area contributed by atoms with Crippen molar-refractivity contribution in [1.29, 1.82) is 0 Å². The first-order valence-corrected chi connectivity index (χ1v) is 10.9. The molecule has 0 heterocycles. The van der Waals surface area contributed by atoms with Gasteiger partial charge >= 0.3 is 0 Å². The number of hydrogen-bond acceptors (Lipinski definition) is 5. The summed E-state index contributed by atoms with van der Waals surface area (Å²) < 4.78 is 16.4. The van der Waals surface area contributed by atoms with Crippen LogP contribution in [0.4, 0.5) is 0 Å². The van der Waals surface area contributed by atoms with Gasteiger partial charge in [0.1, 0.15) is 17.2 Å². The van der Waals surface area contributed by atoms with Gasteiger partial charge in [0.05, 0.1) is 26.3 Å². The van der Waals surface area contributed by atoms with Gasteiger partial charge in [-0.2, -0.15) is 6.41 Å². The Bertz CT molecular complexity index is 1100. The first-order chi connectivity index (χ1) is 16.4. The molecular formula is C27H29FmN2O5-. The van der Waals surface area contributed by atoms with E-state index in [4.69, 9.17) is 14.2 Å². The van der Waals surface area contributed by atoms with Crippen molar-refractivity contribution in [2.24, 2.45) is 0 Å². The monoisotopic (exact) mass is 718 g/mol. The SMILES string of the molecule is COc1ccc(C(N[C-]=O)c2ccc(OCC(=O)NC(C)c3ccc(C)cc3)cc2)c(OC)c1.[Fm]. The molecule has 0 bridgehead atoms. The van der Waals surface area contributed by atoms with Gasteiger partial charge in [-0.1, -0.05) is 42.0 Å². The van der Waals surface area contributed by atoms with E-state index >= 15 is 0 Å². The molecule has 3 aromatic rings. The molecule has 2 atom stereocenters. The second-order valence-electron chi connectivity index (χ2n) is 7.84. The number of methoxy groups -OCH3 is 2. The molecule has 2 N–H and O–H groups in total. The zero-order chi connectivity index (χ0) is 24.5. The fourth-order valence-corrected chi connectivity index (χ4v) is 3.58. The summed E-state index contributed by atoms with van der Waals surface area (Å²) >= 11 is 0. The molecule has 0 saturated carbocycles. The Kier molecular flexibility index (Phi) is 9.22. The van der Waals surface area contributed by atoms with E-state index in [-0.39, 0.29) is 18.6 Å². The molecule has 0 radical (unpaired) electrons. The van der Waals surface area contributed by atoms with Gasteiger partial charge in [-0.3, -0.25) is 4.79 Å². The van der Waals surface area contributed by atoms with Crippen molar-refractivity contribution in [1.82, 2.24) is 10.6 Å². The number of rotatable bonds is 11. The molecule has 2 unspecified atom stereocenters. The Morgan fingerprint density at radius 2 is 1.54 bits per heavy atom. The summed E-state index contributed by atoms with van der Waals surface area (Å²) in [5.41, 5.74) is 3.76. The van der Waals surface area contributed by atoms with Gasteiger partial charge in [0, 0.05) is 11.6 Å². The Balaban J connectivity index is 0.00000432. The van der Waals surface area contributed by atoms with Crippen LogP contribution in [-0.4, -0.2) is 33.1 Å². The van der Waals surface area contributed by atoms with E-state index in [9.17, 15) is 9.59 Å². The first kappa shape index (κ1) is 26.3. The van der Waals surface area contributed by atoms with E-state index in [0.29, 0.717) is 17.2 Å². The molecule has 7 nitrogen and oxygen atoms in total. The molecule has 0 saturated heterocycles. The molecule has 0 aromatic heterocycles.